The van der Waals surface area contributed by atoms with Crippen LogP contribution in [0.25, 0.3) is 11.3 Å². The second kappa shape index (κ2) is 14.5. The van der Waals surface area contributed by atoms with E-state index in [9.17, 15) is 9.59 Å². The highest BCUT2D eigenvalue weighted by Gasteiger charge is 2.31. The monoisotopic (exact) mass is 693 g/mol. The molecule has 3 saturated heterocycles. The van der Waals surface area contributed by atoms with Gasteiger partial charge in [-0.3, -0.25) is 9.69 Å². The minimum atomic E-state index is -0.409. The molecule has 0 aliphatic carbocycles. The Balaban J connectivity index is 1.07. The van der Waals surface area contributed by atoms with Crippen LogP contribution in [-0.2, 0) is 16.0 Å². The maximum atomic E-state index is 13.8. The Hall–Kier alpha value is -3.57. The summed E-state index contributed by atoms with van der Waals surface area (Å²) in [5, 5.41) is 0.662. The summed E-state index contributed by atoms with van der Waals surface area (Å²) in [6.07, 6.45) is 5.38. The fourth-order valence-corrected chi connectivity index (χ4v) is 7.99. The number of carbonyl (C=O) groups is 2. The van der Waals surface area contributed by atoms with E-state index in [0.29, 0.717) is 45.5 Å². The van der Waals surface area contributed by atoms with Gasteiger partial charge in [0.2, 0.25) is 0 Å². The quantitative estimate of drug-likeness (QED) is 0.283. The number of para-hydroxylation sites is 1. The van der Waals surface area contributed by atoms with Crippen LogP contribution in [0, 0.1) is 0 Å². The summed E-state index contributed by atoms with van der Waals surface area (Å²) in [6, 6.07) is 13.7. The highest BCUT2D eigenvalue weighted by atomic mass is 35.5. The zero-order valence-corrected chi connectivity index (χ0v) is 28.8. The van der Waals surface area contributed by atoms with Gasteiger partial charge in [0.25, 0.3) is 5.91 Å². The van der Waals surface area contributed by atoms with E-state index in [4.69, 9.17) is 42.4 Å². The van der Waals surface area contributed by atoms with Crippen LogP contribution in [0.4, 0.5) is 11.5 Å². The molecule has 1 amide bonds. The van der Waals surface area contributed by atoms with E-state index < -0.39 is 5.97 Å². The zero-order chi connectivity index (χ0) is 33.2. The molecule has 2 aromatic carbocycles. The van der Waals surface area contributed by atoms with E-state index in [1.165, 1.54) is 7.11 Å². The maximum absolute atomic E-state index is 13.8. The number of rotatable bonds is 6. The highest BCUT2D eigenvalue weighted by molar-refractivity contribution is 6.40. The first kappa shape index (κ1) is 33.0. The third-order valence-electron chi connectivity index (χ3n) is 9.95. The molecule has 4 aliphatic heterocycles. The van der Waals surface area contributed by atoms with E-state index in [2.05, 4.69) is 14.7 Å². The lowest BCUT2D eigenvalue weighted by Crippen LogP contribution is -2.49. The van der Waals surface area contributed by atoms with Gasteiger partial charge in [0.1, 0.15) is 17.1 Å². The maximum Gasteiger partial charge on any atom is 0.341 e. The molecule has 0 radical (unpaired) electrons. The largest absolute Gasteiger partial charge is 0.472 e. The molecular weight excluding hydrogens is 653 g/mol. The van der Waals surface area contributed by atoms with E-state index >= 15 is 0 Å². The van der Waals surface area contributed by atoms with Gasteiger partial charge in [-0.1, -0.05) is 35.3 Å². The van der Waals surface area contributed by atoms with Gasteiger partial charge >= 0.3 is 5.97 Å². The number of benzene rings is 2. The molecule has 48 heavy (non-hydrogen) atoms. The Kier molecular flexibility index (Phi) is 9.95. The topological polar surface area (TPSA) is 87.7 Å². The van der Waals surface area contributed by atoms with Crippen LogP contribution < -0.4 is 14.5 Å². The second-order valence-corrected chi connectivity index (χ2v) is 13.6. The number of pyridine rings is 1. The molecule has 0 unspecified atom stereocenters. The van der Waals surface area contributed by atoms with E-state index in [0.717, 1.165) is 101 Å². The molecule has 0 spiro atoms. The summed E-state index contributed by atoms with van der Waals surface area (Å²) in [5.41, 5.74) is 3.99. The molecule has 10 nitrogen and oxygen atoms in total. The van der Waals surface area contributed by atoms with E-state index in [1.54, 1.807) is 11.0 Å². The fraction of sp³-hybridized carbons (Fsp3) is 0.472. The van der Waals surface area contributed by atoms with Crippen LogP contribution in [0.1, 0.15) is 58.4 Å². The van der Waals surface area contributed by atoms with Crippen molar-refractivity contribution in [1.29, 1.82) is 0 Å². The Morgan fingerprint density at radius 1 is 0.896 bits per heavy atom. The standard InChI is InChI=1S/C36H41Cl2N5O5/c1-46-36(45)28-8-9-31(39-34(28)42-12-3-2-4-13-42)27-7-5-6-24-22-43(23-48-33(24)27)35(44)32-29(37)20-26(21-30(32)38)40-14-10-25(11-15-40)41-16-18-47-19-17-41/h5-9,20-21,25H,2-4,10-19,22-23H2,1H3. The first-order valence-electron chi connectivity index (χ1n) is 16.9. The van der Waals surface area contributed by atoms with Crippen LogP contribution in [0.5, 0.6) is 5.75 Å². The molecule has 12 heteroatoms. The lowest BCUT2D eigenvalue weighted by atomic mass is 10.0. The molecule has 7 rings (SSSR count). The summed E-state index contributed by atoms with van der Waals surface area (Å²) in [4.78, 5) is 40.0. The Labute approximate surface area is 291 Å². The first-order chi connectivity index (χ1) is 23.4. The molecule has 1 aromatic heterocycles. The molecule has 4 aliphatic rings. The number of halogens is 2. The molecule has 254 valence electrons. The minimum absolute atomic E-state index is 0.0333. The highest BCUT2D eigenvalue weighted by Crippen LogP contribution is 2.39. The summed E-state index contributed by atoms with van der Waals surface area (Å²) < 4.78 is 16.8. The van der Waals surface area contributed by atoms with E-state index in [1.807, 2.05) is 36.4 Å². The number of anilines is 2. The number of hydrogen-bond acceptors (Lipinski definition) is 9. The van der Waals surface area contributed by atoms with E-state index in [-0.39, 0.29) is 18.2 Å². The predicted molar refractivity (Wildman–Crippen MR) is 187 cm³/mol. The molecule has 3 aromatic rings. The van der Waals surface area contributed by atoms with Crippen molar-refractivity contribution in [2.75, 3.05) is 76.1 Å². The number of fused-ring (bicyclic) bond motifs is 1. The number of morpholine rings is 1. The average molecular weight is 695 g/mol. The number of carbonyl (C=O) groups excluding carboxylic acids is 2. The van der Waals surface area contributed by atoms with Crippen molar-refractivity contribution in [3.05, 3.63) is 69.2 Å². The minimum Gasteiger partial charge on any atom is -0.472 e. The molecule has 5 heterocycles. The van der Waals surface area contributed by atoms with Gasteiger partial charge < -0.3 is 28.9 Å². The summed E-state index contributed by atoms with van der Waals surface area (Å²) in [6.45, 7) is 7.42. The molecule has 0 N–H and O–H groups in total. The van der Waals surface area contributed by atoms with Crippen LogP contribution in [0.15, 0.2) is 42.5 Å². The van der Waals surface area contributed by atoms with Crippen molar-refractivity contribution in [2.45, 2.75) is 44.7 Å². The number of aromatic nitrogens is 1. The number of amides is 1. The second-order valence-electron chi connectivity index (χ2n) is 12.8. The fourth-order valence-electron chi connectivity index (χ4n) is 7.36. The SMILES string of the molecule is COC(=O)c1ccc(-c2cccc3c2OCN(C(=O)c2c(Cl)cc(N4CCC(N5CCOCC5)CC4)cc2Cl)C3)nc1N1CCCCC1. The number of hydrogen-bond donors (Lipinski definition) is 0. The number of methoxy groups -OCH3 is 1. The number of nitrogens with zero attached hydrogens (tertiary/aromatic N) is 5. The van der Waals surface area contributed by atoms with Crippen molar-refractivity contribution >= 4 is 46.6 Å². The number of piperidine rings is 2. The predicted octanol–water partition coefficient (Wildman–Crippen LogP) is 6.13. The van der Waals surface area contributed by atoms with Crippen molar-refractivity contribution in [1.82, 2.24) is 14.8 Å². The molecule has 0 saturated carbocycles. The molecule has 0 bridgehead atoms. The molecule has 0 atom stereocenters. The lowest BCUT2D eigenvalue weighted by molar-refractivity contribution is 0.0115. The van der Waals surface area contributed by atoms with Crippen LogP contribution >= 0.6 is 23.2 Å². The van der Waals surface area contributed by atoms with Gasteiger partial charge in [-0.25, -0.2) is 9.78 Å². The summed E-state index contributed by atoms with van der Waals surface area (Å²) in [5.74, 6) is 0.594. The third-order valence-corrected chi connectivity index (χ3v) is 10.6. The van der Waals surface area contributed by atoms with Crippen LogP contribution in [0.3, 0.4) is 0 Å². The van der Waals surface area contributed by atoms with Crippen molar-refractivity contribution in [2.24, 2.45) is 0 Å². The lowest BCUT2D eigenvalue weighted by Gasteiger charge is -2.41. The average Bonchev–Trinajstić information content (AvgIpc) is 3.14. The van der Waals surface area contributed by atoms with Gasteiger partial charge in [0, 0.05) is 62.1 Å². The first-order valence-corrected chi connectivity index (χ1v) is 17.6. The van der Waals surface area contributed by atoms with Crippen molar-refractivity contribution < 1.29 is 23.8 Å². The Morgan fingerprint density at radius 3 is 2.33 bits per heavy atom. The smallest absolute Gasteiger partial charge is 0.341 e. The molecular formula is C36H41Cl2N5O5. The van der Waals surface area contributed by atoms with Crippen LogP contribution in [0.2, 0.25) is 10.0 Å². The van der Waals surface area contributed by atoms with Crippen LogP contribution in [-0.4, -0.2) is 99.0 Å². The van der Waals surface area contributed by atoms with Gasteiger partial charge in [-0.05, 0) is 62.4 Å². The Bertz CT molecular complexity index is 1650. The third kappa shape index (κ3) is 6.68. The molecule has 3 fully saturated rings. The van der Waals surface area contributed by atoms with Crippen molar-refractivity contribution in [3.63, 3.8) is 0 Å². The normalized spacial score (nSPS) is 19.1. The van der Waals surface area contributed by atoms with Gasteiger partial charge in [0.15, 0.2) is 6.73 Å². The zero-order valence-electron chi connectivity index (χ0n) is 27.3. The number of ether oxygens (including phenoxy) is 3. The van der Waals surface area contributed by atoms with Crippen molar-refractivity contribution in [3.8, 4) is 17.0 Å². The Morgan fingerprint density at radius 2 is 1.62 bits per heavy atom. The van der Waals surface area contributed by atoms with Gasteiger partial charge in [0.05, 0.1) is 48.2 Å². The summed E-state index contributed by atoms with van der Waals surface area (Å²) in [7, 11) is 1.38. The summed E-state index contributed by atoms with van der Waals surface area (Å²) >= 11 is 13.6. The van der Waals surface area contributed by atoms with Gasteiger partial charge in [-0.2, -0.15) is 0 Å². The van der Waals surface area contributed by atoms with Gasteiger partial charge in [-0.15, -0.1) is 0 Å². The number of esters is 1.